The van der Waals surface area contributed by atoms with Crippen molar-refractivity contribution >= 4 is 33.2 Å². The molecule has 2 N–H and O–H groups in total. The highest BCUT2D eigenvalue weighted by molar-refractivity contribution is 7.89. The van der Waals surface area contributed by atoms with Crippen LogP contribution in [0, 0.1) is 5.92 Å². The van der Waals surface area contributed by atoms with Crippen LogP contribution in [0.1, 0.15) is 19.4 Å². The van der Waals surface area contributed by atoms with E-state index in [9.17, 15) is 13.5 Å². The molecule has 1 rings (SSSR count). The second-order valence-electron chi connectivity index (χ2n) is 4.86. The number of hydrogen-bond acceptors (Lipinski definition) is 4. The minimum absolute atomic E-state index is 0.0689. The lowest BCUT2D eigenvalue weighted by molar-refractivity contribution is 0.114. The molecule has 0 aliphatic rings. The fraction of sp³-hybridized carbons (Fsp3) is 0.538. The molecular weight excluding hydrogens is 337 g/mol. The second-order valence-corrected chi connectivity index (χ2v) is 7.38. The molecule has 0 amide bonds. The Morgan fingerprint density at radius 3 is 2.57 bits per heavy atom. The van der Waals surface area contributed by atoms with Crippen LogP contribution in [0.5, 0.6) is 0 Å². The van der Waals surface area contributed by atoms with Gasteiger partial charge < -0.3 is 9.84 Å². The van der Waals surface area contributed by atoms with Gasteiger partial charge in [0.15, 0.2) is 0 Å². The van der Waals surface area contributed by atoms with Gasteiger partial charge >= 0.3 is 0 Å². The molecule has 0 unspecified atom stereocenters. The summed E-state index contributed by atoms with van der Waals surface area (Å²) in [5, 5.41) is 9.34. The molecule has 5 nitrogen and oxygen atoms in total. The van der Waals surface area contributed by atoms with Crippen molar-refractivity contribution in [2.75, 3.05) is 19.8 Å². The highest BCUT2D eigenvalue weighted by Gasteiger charge is 2.21. The Balaban J connectivity index is 2.75. The summed E-state index contributed by atoms with van der Waals surface area (Å²) in [4.78, 5) is -0.110. The smallest absolute Gasteiger partial charge is 0.242 e. The number of rotatable bonds is 8. The van der Waals surface area contributed by atoms with Gasteiger partial charge in [-0.2, -0.15) is 0 Å². The maximum Gasteiger partial charge on any atom is 0.242 e. The van der Waals surface area contributed by atoms with E-state index in [2.05, 4.69) is 4.72 Å². The van der Waals surface area contributed by atoms with Crippen LogP contribution in [0.2, 0.25) is 10.0 Å². The maximum atomic E-state index is 12.2. The fourth-order valence-electron chi connectivity index (χ4n) is 1.57. The van der Waals surface area contributed by atoms with Gasteiger partial charge in [-0.25, -0.2) is 13.1 Å². The molecule has 0 spiro atoms. The van der Waals surface area contributed by atoms with Crippen molar-refractivity contribution in [2.24, 2.45) is 5.92 Å². The van der Waals surface area contributed by atoms with Crippen LogP contribution in [0.3, 0.4) is 0 Å². The molecule has 120 valence electrons. The summed E-state index contributed by atoms with van der Waals surface area (Å²) in [5.41, 5.74) is 0.192. The third-order valence-corrected chi connectivity index (χ3v) is 4.99. The fourth-order valence-corrected chi connectivity index (χ4v) is 3.48. The molecular formula is C13H19Cl2NO4S. The zero-order valence-electron chi connectivity index (χ0n) is 11.9. The third-order valence-electron chi connectivity index (χ3n) is 2.59. The van der Waals surface area contributed by atoms with Crippen molar-refractivity contribution in [3.8, 4) is 0 Å². The lowest BCUT2D eigenvalue weighted by Gasteiger charge is -2.12. The SMILES string of the molecule is CC(C)COCCNS(=O)(=O)c1ccc(Cl)c(CO)c1Cl. The lowest BCUT2D eigenvalue weighted by atomic mass is 10.2. The van der Waals surface area contributed by atoms with Crippen LogP contribution in [-0.2, 0) is 21.4 Å². The highest BCUT2D eigenvalue weighted by Crippen LogP contribution is 2.30. The van der Waals surface area contributed by atoms with E-state index in [0.29, 0.717) is 12.5 Å². The first kappa shape index (κ1) is 18.7. The number of benzene rings is 1. The van der Waals surface area contributed by atoms with E-state index in [-0.39, 0.29) is 33.7 Å². The van der Waals surface area contributed by atoms with Gasteiger partial charge in [0.2, 0.25) is 10.0 Å². The van der Waals surface area contributed by atoms with E-state index in [0.717, 1.165) is 0 Å². The molecule has 0 saturated carbocycles. The van der Waals surface area contributed by atoms with Crippen molar-refractivity contribution in [3.63, 3.8) is 0 Å². The summed E-state index contributed by atoms with van der Waals surface area (Å²) in [6, 6.07) is 2.70. The van der Waals surface area contributed by atoms with Crippen LogP contribution in [0.4, 0.5) is 0 Å². The summed E-state index contributed by atoms with van der Waals surface area (Å²) in [5.74, 6) is 0.388. The Morgan fingerprint density at radius 2 is 2.00 bits per heavy atom. The number of aliphatic hydroxyl groups is 1. The number of nitrogens with one attached hydrogen (secondary N) is 1. The van der Waals surface area contributed by atoms with Crippen molar-refractivity contribution in [1.82, 2.24) is 4.72 Å². The topological polar surface area (TPSA) is 75.6 Å². The van der Waals surface area contributed by atoms with E-state index in [1.54, 1.807) is 0 Å². The van der Waals surface area contributed by atoms with E-state index in [4.69, 9.17) is 27.9 Å². The summed E-state index contributed by atoms with van der Waals surface area (Å²) in [6.45, 7) is 4.57. The number of hydrogen-bond donors (Lipinski definition) is 2. The molecule has 21 heavy (non-hydrogen) atoms. The van der Waals surface area contributed by atoms with Gasteiger partial charge in [-0.3, -0.25) is 0 Å². The van der Waals surface area contributed by atoms with E-state index >= 15 is 0 Å². The Bertz CT molecular complexity index is 576. The Hall–Kier alpha value is -0.370. The van der Waals surface area contributed by atoms with Crippen molar-refractivity contribution in [3.05, 3.63) is 27.7 Å². The van der Waals surface area contributed by atoms with Crippen LogP contribution in [0.15, 0.2) is 17.0 Å². The third kappa shape index (κ3) is 5.39. The molecule has 0 aliphatic carbocycles. The number of ether oxygens (including phenoxy) is 1. The molecule has 0 aromatic heterocycles. The minimum atomic E-state index is -3.77. The van der Waals surface area contributed by atoms with Crippen molar-refractivity contribution < 1.29 is 18.3 Å². The molecule has 1 aromatic rings. The van der Waals surface area contributed by atoms with Crippen molar-refractivity contribution in [2.45, 2.75) is 25.3 Å². The summed E-state index contributed by atoms with van der Waals surface area (Å²) < 4.78 is 32.0. The van der Waals surface area contributed by atoms with E-state index < -0.39 is 16.6 Å². The molecule has 0 radical (unpaired) electrons. The molecule has 0 aliphatic heterocycles. The van der Waals surface area contributed by atoms with Crippen LogP contribution in [0.25, 0.3) is 0 Å². The quantitative estimate of drug-likeness (QED) is 0.702. The molecule has 1 aromatic carbocycles. The van der Waals surface area contributed by atoms with Gasteiger partial charge in [0.1, 0.15) is 4.90 Å². The molecule has 8 heteroatoms. The van der Waals surface area contributed by atoms with Crippen LogP contribution < -0.4 is 4.72 Å². The largest absolute Gasteiger partial charge is 0.392 e. The average molecular weight is 356 g/mol. The van der Waals surface area contributed by atoms with E-state index in [1.165, 1.54) is 12.1 Å². The minimum Gasteiger partial charge on any atom is -0.392 e. The Labute approximate surface area is 135 Å². The van der Waals surface area contributed by atoms with Gasteiger partial charge in [-0.05, 0) is 18.1 Å². The second kappa shape index (κ2) is 8.31. The monoisotopic (exact) mass is 355 g/mol. The summed E-state index contributed by atoms with van der Waals surface area (Å²) in [7, 11) is -3.77. The average Bonchev–Trinajstić information content (AvgIpc) is 2.38. The first-order chi connectivity index (χ1) is 9.79. The normalized spacial score (nSPS) is 12.1. The zero-order chi connectivity index (χ0) is 16.0. The van der Waals surface area contributed by atoms with Crippen LogP contribution >= 0.6 is 23.2 Å². The molecule has 0 heterocycles. The first-order valence-electron chi connectivity index (χ1n) is 6.44. The highest BCUT2D eigenvalue weighted by atomic mass is 35.5. The number of halogens is 2. The number of aliphatic hydroxyl groups excluding tert-OH is 1. The Morgan fingerprint density at radius 1 is 1.33 bits per heavy atom. The van der Waals surface area contributed by atoms with Gasteiger partial charge in [0.25, 0.3) is 0 Å². The molecule has 0 fully saturated rings. The summed E-state index contributed by atoms with van der Waals surface area (Å²) in [6.07, 6.45) is 0. The van der Waals surface area contributed by atoms with Gasteiger partial charge in [-0.1, -0.05) is 37.0 Å². The Kier molecular flexibility index (Phi) is 7.39. The maximum absolute atomic E-state index is 12.2. The predicted octanol–water partition coefficient (Wildman–Crippen LogP) is 2.44. The summed E-state index contributed by atoms with van der Waals surface area (Å²) >= 11 is 11.8. The molecule has 0 saturated heterocycles. The number of sulfonamides is 1. The van der Waals surface area contributed by atoms with Crippen LogP contribution in [-0.4, -0.2) is 33.3 Å². The van der Waals surface area contributed by atoms with E-state index in [1.807, 2.05) is 13.8 Å². The van der Waals surface area contributed by atoms with Crippen molar-refractivity contribution in [1.29, 1.82) is 0 Å². The van der Waals surface area contributed by atoms with Gasteiger partial charge in [0, 0.05) is 23.7 Å². The molecule has 0 bridgehead atoms. The predicted molar refractivity (Wildman–Crippen MR) is 83.2 cm³/mol. The van der Waals surface area contributed by atoms with Gasteiger partial charge in [0.05, 0.1) is 18.2 Å². The first-order valence-corrected chi connectivity index (χ1v) is 8.68. The van der Waals surface area contributed by atoms with Gasteiger partial charge in [-0.15, -0.1) is 0 Å². The molecule has 0 atom stereocenters. The zero-order valence-corrected chi connectivity index (χ0v) is 14.2. The lowest BCUT2D eigenvalue weighted by Crippen LogP contribution is -2.28. The standard InChI is InChI=1S/C13H19Cl2NO4S/c1-9(2)8-20-6-5-16-21(18,19)12-4-3-11(14)10(7-17)13(12)15/h3-4,9,16-17H,5-8H2,1-2H3.